The molecule has 0 saturated heterocycles. The van der Waals surface area contributed by atoms with Crippen LogP contribution in [0.1, 0.15) is 36.6 Å². The number of rotatable bonds is 2. The predicted octanol–water partition coefficient (Wildman–Crippen LogP) is 1.33. The standard InChI is InChI=1S/C18H18N2O4/c1-18(2)17(23)16(20-9-12(10-21)4-6-15(20)22)13-7-11(8-19)3-5-14(13)24-18/h3-7,9,16-17,21,23H,10H2,1-2H3/t16-,17+/m1/s1. The molecule has 0 spiro atoms. The number of pyridine rings is 1. The van der Waals surface area contributed by atoms with E-state index in [4.69, 9.17) is 10.00 Å². The molecule has 0 radical (unpaired) electrons. The van der Waals surface area contributed by atoms with Gasteiger partial charge in [-0.2, -0.15) is 5.26 Å². The molecule has 2 atom stereocenters. The molecular formula is C18H18N2O4. The van der Waals surface area contributed by atoms with Gasteiger partial charge in [-0.15, -0.1) is 0 Å². The second kappa shape index (κ2) is 5.78. The molecule has 0 unspecified atom stereocenters. The average Bonchev–Trinajstić information content (AvgIpc) is 2.56. The minimum atomic E-state index is -1.01. The number of aromatic nitrogens is 1. The molecule has 1 aromatic carbocycles. The van der Waals surface area contributed by atoms with Crippen molar-refractivity contribution in [2.45, 2.75) is 38.2 Å². The number of hydrogen-bond donors (Lipinski definition) is 2. The predicted molar refractivity (Wildman–Crippen MR) is 86.6 cm³/mol. The van der Waals surface area contributed by atoms with Gasteiger partial charge in [0.1, 0.15) is 17.5 Å². The summed E-state index contributed by atoms with van der Waals surface area (Å²) >= 11 is 0. The average molecular weight is 326 g/mol. The summed E-state index contributed by atoms with van der Waals surface area (Å²) in [6, 6.07) is 9.18. The van der Waals surface area contributed by atoms with Crippen LogP contribution in [0.5, 0.6) is 5.75 Å². The first kappa shape index (κ1) is 16.2. The maximum atomic E-state index is 12.4. The minimum absolute atomic E-state index is 0.214. The van der Waals surface area contributed by atoms with Crippen LogP contribution in [0.3, 0.4) is 0 Å². The Morgan fingerprint density at radius 2 is 2.08 bits per heavy atom. The van der Waals surface area contributed by atoms with E-state index < -0.39 is 17.7 Å². The molecule has 2 aromatic rings. The zero-order chi connectivity index (χ0) is 17.5. The van der Waals surface area contributed by atoms with Gasteiger partial charge in [0.25, 0.3) is 5.56 Å². The van der Waals surface area contributed by atoms with Gasteiger partial charge < -0.3 is 19.5 Å². The molecule has 6 heteroatoms. The molecule has 0 amide bonds. The van der Waals surface area contributed by atoms with Crippen LogP contribution in [0, 0.1) is 11.3 Å². The van der Waals surface area contributed by atoms with Crippen LogP contribution in [0.2, 0.25) is 0 Å². The highest BCUT2D eigenvalue weighted by Gasteiger charge is 2.44. The van der Waals surface area contributed by atoms with Gasteiger partial charge in [0.2, 0.25) is 0 Å². The first-order chi connectivity index (χ1) is 11.4. The van der Waals surface area contributed by atoms with Crippen molar-refractivity contribution in [1.82, 2.24) is 4.57 Å². The summed E-state index contributed by atoms with van der Waals surface area (Å²) in [5.41, 5.74) is 0.325. The van der Waals surface area contributed by atoms with E-state index in [1.54, 1.807) is 38.1 Å². The van der Waals surface area contributed by atoms with Crippen molar-refractivity contribution in [3.63, 3.8) is 0 Å². The molecule has 1 aromatic heterocycles. The number of fused-ring (bicyclic) bond motifs is 1. The van der Waals surface area contributed by atoms with Crippen LogP contribution in [0.25, 0.3) is 0 Å². The lowest BCUT2D eigenvalue weighted by Crippen LogP contribution is -2.52. The van der Waals surface area contributed by atoms with Gasteiger partial charge >= 0.3 is 0 Å². The third kappa shape index (κ3) is 2.58. The fourth-order valence-corrected chi connectivity index (χ4v) is 3.00. The highest BCUT2D eigenvalue weighted by molar-refractivity contribution is 5.46. The lowest BCUT2D eigenvalue weighted by Gasteiger charge is -2.42. The summed E-state index contributed by atoms with van der Waals surface area (Å²) in [7, 11) is 0. The highest BCUT2D eigenvalue weighted by atomic mass is 16.5. The molecular weight excluding hydrogens is 308 g/mol. The lowest BCUT2D eigenvalue weighted by molar-refractivity contribution is -0.0643. The summed E-state index contributed by atoms with van der Waals surface area (Å²) in [5, 5.41) is 29.3. The summed E-state index contributed by atoms with van der Waals surface area (Å²) in [6.07, 6.45) is 0.520. The van der Waals surface area contributed by atoms with Gasteiger partial charge in [0.15, 0.2) is 0 Å². The molecule has 2 N–H and O–H groups in total. The van der Waals surface area contributed by atoms with Crippen LogP contribution in [0.4, 0.5) is 0 Å². The number of benzene rings is 1. The van der Waals surface area contributed by atoms with Gasteiger partial charge in [-0.25, -0.2) is 0 Å². The van der Waals surface area contributed by atoms with Gasteiger partial charge in [0, 0.05) is 17.8 Å². The molecule has 0 fully saturated rings. The second-order valence-electron chi connectivity index (χ2n) is 6.40. The van der Waals surface area contributed by atoms with Crippen LogP contribution in [0.15, 0.2) is 41.3 Å². The Bertz CT molecular complexity index is 879. The van der Waals surface area contributed by atoms with Crippen LogP contribution in [-0.2, 0) is 6.61 Å². The Morgan fingerprint density at radius 3 is 2.75 bits per heavy atom. The van der Waals surface area contributed by atoms with E-state index in [1.165, 1.54) is 16.8 Å². The van der Waals surface area contributed by atoms with Gasteiger partial charge in [-0.1, -0.05) is 0 Å². The number of aliphatic hydroxyl groups excluding tert-OH is 2. The fraction of sp³-hybridized carbons (Fsp3) is 0.333. The molecule has 1 aliphatic rings. The molecule has 0 saturated carbocycles. The number of ether oxygens (including phenoxy) is 1. The third-order valence-corrected chi connectivity index (χ3v) is 4.32. The maximum Gasteiger partial charge on any atom is 0.251 e. The van der Waals surface area contributed by atoms with E-state index in [0.717, 1.165) is 0 Å². The Labute approximate surface area is 139 Å². The lowest BCUT2D eigenvalue weighted by atomic mass is 9.85. The summed E-state index contributed by atoms with van der Waals surface area (Å²) in [5.74, 6) is 0.524. The zero-order valence-corrected chi connectivity index (χ0v) is 13.4. The van der Waals surface area contributed by atoms with E-state index in [-0.39, 0.29) is 12.2 Å². The monoisotopic (exact) mass is 326 g/mol. The normalized spacial score (nSPS) is 21.5. The van der Waals surface area contributed by atoms with Crippen molar-refractivity contribution in [3.05, 3.63) is 63.6 Å². The Kier molecular flexibility index (Phi) is 3.91. The van der Waals surface area contributed by atoms with E-state index in [1.807, 2.05) is 0 Å². The highest BCUT2D eigenvalue weighted by Crippen LogP contribution is 2.41. The Morgan fingerprint density at radius 1 is 1.33 bits per heavy atom. The van der Waals surface area contributed by atoms with E-state index in [9.17, 15) is 15.0 Å². The fourth-order valence-electron chi connectivity index (χ4n) is 3.00. The van der Waals surface area contributed by atoms with Crippen molar-refractivity contribution >= 4 is 0 Å². The molecule has 3 rings (SSSR count). The maximum absolute atomic E-state index is 12.4. The SMILES string of the molecule is CC1(C)Oc2ccc(C#N)cc2[C@@H](n2cc(CO)ccc2=O)[C@@H]1O. The molecule has 6 nitrogen and oxygen atoms in total. The Hall–Kier alpha value is -2.62. The quantitative estimate of drug-likeness (QED) is 0.868. The number of nitriles is 1. The largest absolute Gasteiger partial charge is 0.485 e. The van der Waals surface area contributed by atoms with Crippen molar-refractivity contribution in [2.24, 2.45) is 0 Å². The smallest absolute Gasteiger partial charge is 0.251 e. The van der Waals surface area contributed by atoms with Crippen molar-refractivity contribution < 1.29 is 14.9 Å². The van der Waals surface area contributed by atoms with Crippen LogP contribution in [-0.4, -0.2) is 26.5 Å². The van der Waals surface area contributed by atoms with E-state index >= 15 is 0 Å². The number of nitrogens with zero attached hydrogens (tertiary/aromatic N) is 2. The minimum Gasteiger partial charge on any atom is -0.485 e. The molecule has 2 heterocycles. The topological polar surface area (TPSA) is 95.5 Å². The number of aliphatic hydroxyl groups is 2. The van der Waals surface area contributed by atoms with Crippen molar-refractivity contribution in [1.29, 1.82) is 5.26 Å². The second-order valence-corrected chi connectivity index (χ2v) is 6.40. The number of hydrogen-bond acceptors (Lipinski definition) is 5. The molecule has 24 heavy (non-hydrogen) atoms. The zero-order valence-electron chi connectivity index (χ0n) is 13.4. The summed E-state index contributed by atoms with van der Waals surface area (Å²) in [6.45, 7) is 3.27. The first-order valence-electron chi connectivity index (χ1n) is 7.60. The van der Waals surface area contributed by atoms with Crippen LogP contribution >= 0.6 is 0 Å². The molecule has 124 valence electrons. The first-order valence-corrected chi connectivity index (χ1v) is 7.60. The van der Waals surface area contributed by atoms with Gasteiger partial charge in [-0.05, 0) is 43.7 Å². The summed E-state index contributed by atoms with van der Waals surface area (Å²) in [4.78, 5) is 12.4. The summed E-state index contributed by atoms with van der Waals surface area (Å²) < 4.78 is 7.24. The molecule has 0 aliphatic carbocycles. The van der Waals surface area contributed by atoms with Gasteiger partial charge in [-0.3, -0.25) is 4.79 Å². The molecule has 0 bridgehead atoms. The Balaban J connectivity index is 2.26. The third-order valence-electron chi connectivity index (χ3n) is 4.32. The van der Waals surface area contributed by atoms with Gasteiger partial charge in [0.05, 0.1) is 24.3 Å². The van der Waals surface area contributed by atoms with Crippen molar-refractivity contribution in [2.75, 3.05) is 0 Å². The van der Waals surface area contributed by atoms with E-state index in [0.29, 0.717) is 22.4 Å². The van der Waals surface area contributed by atoms with Crippen LogP contribution < -0.4 is 10.3 Å². The van der Waals surface area contributed by atoms with Crippen molar-refractivity contribution in [3.8, 4) is 11.8 Å². The molecule has 1 aliphatic heterocycles. The van der Waals surface area contributed by atoms with E-state index in [2.05, 4.69) is 6.07 Å².